The minimum absolute atomic E-state index is 0.324. The van der Waals surface area contributed by atoms with Crippen molar-refractivity contribution in [2.45, 2.75) is 47.6 Å². The lowest BCUT2D eigenvalue weighted by atomic mass is 9.96. The standard InChI is InChI=1S/C25H24BrClN2O4S/c26-23-19(11-17(27)12-29-23)34-25-22(30-13-15-7-3-1-4-8-15)20(28)21-18(32-25)14-31-24(33-21)16-9-5-2-6-10-16/h1-12,18,20-22,24-25H,13-14,28H2. The minimum Gasteiger partial charge on any atom is -0.368 e. The van der Waals surface area contributed by atoms with Gasteiger partial charge in [0.1, 0.15) is 28.4 Å². The van der Waals surface area contributed by atoms with Gasteiger partial charge in [-0.1, -0.05) is 84.0 Å². The number of aromatic nitrogens is 1. The van der Waals surface area contributed by atoms with Crippen molar-refractivity contribution in [1.29, 1.82) is 0 Å². The smallest absolute Gasteiger partial charge is 0.184 e. The lowest BCUT2D eigenvalue weighted by Gasteiger charge is -2.48. The van der Waals surface area contributed by atoms with Gasteiger partial charge in [-0.15, -0.1) is 0 Å². The minimum atomic E-state index is -0.498. The zero-order chi connectivity index (χ0) is 23.5. The number of ether oxygens (including phenoxy) is 4. The topological polar surface area (TPSA) is 75.8 Å². The third-order valence-electron chi connectivity index (χ3n) is 5.77. The highest BCUT2D eigenvalue weighted by Gasteiger charge is 2.49. The summed E-state index contributed by atoms with van der Waals surface area (Å²) in [5.41, 5.74) is 8.39. The molecule has 2 saturated heterocycles. The van der Waals surface area contributed by atoms with Crippen molar-refractivity contribution in [2.24, 2.45) is 5.73 Å². The first-order valence-electron chi connectivity index (χ1n) is 10.9. The van der Waals surface area contributed by atoms with Gasteiger partial charge in [0.25, 0.3) is 0 Å². The molecule has 0 saturated carbocycles. The SMILES string of the molecule is NC1C2OC(c3ccccc3)OCC2OC(Sc2cc(Cl)cnc2Br)C1OCc1ccccc1. The third kappa shape index (κ3) is 5.50. The summed E-state index contributed by atoms with van der Waals surface area (Å²) in [5.74, 6) is 0. The Morgan fingerprint density at radius 1 is 1.09 bits per heavy atom. The Labute approximate surface area is 216 Å². The van der Waals surface area contributed by atoms with Crippen molar-refractivity contribution in [2.75, 3.05) is 6.61 Å². The number of halogens is 2. The molecule has 1 aromatic heterocycles. The van der Waals surface area contributed by atoms with E-state index < -0.39 is 23.9 Å². The summed E-state index contributed by atoms with van der Waals surface area (Å²) in [6, 6.07) is 21.2. The summed E-state index contributed by atoms with van der Waals surface area (Å²) < 4.78 is 25.8. The van der Waals surface area contributed by atoms with Gasteiger partial charge in [0, 0.05) is 16.7 Å². The molecule has 2 aliphatic rings. The number of benzene rings is 2. The van der Waals surface area contributed by atoms with Crippen LogP contribution in [0.15, 0.2) is 82.4 Å². The van der Waals surface area contributed by atoms with Crippen LogP contribution >= 0.6 is 39.3 Å². The van der Waals surface area contributed by atoms with Crippen LogP contribution in [0.25, 0.3) is 0 Å². The first-order chi connectivity index (χ1) is 16.6. The van der Waals surface area contributed by atoms with Crippen molar-refractivity contribution in [3.63, 3.8) is 0 Å². The Morgan fingerprint density at radius 2 is 1.82 bits per heavy atom. The average molecular weight is 564 g/mol. The van der Waals surface area contributed by atoms with Gasteiger partial charge in [-0.2, -0.15) is 0 Å². The molecule has 2 N–H and O–H groups in total. The molecule has 0 spiro atoms. The number of nitrogens with two attached hydrogens (primary N) is 1. The summed E-state index contributed by atoms with van der Waals surface area (Å²) >= 11 is 11.2. The van der Waals surface area contributed by atoms with Gasteiger partial charge in [0.2, 0.25) is 0 Å². The Balaban J connectivity index is 1.38. The van der Waals surface area contributed by atoms with Gasteiger partial charge in [0.05, 0.1) is 24.3 Å². The molecule has 6 nitrogen and oxygen atoms in total. The van der Waals surface area contributed by atoms with E-state index in [1.165, 1.54) is 11.8 Å². The zero-order valence-corrected chi connectivity index (χ0v) is 21.3. The fourth-order valence-electron chi connectivity index (χ4n) is 4.07. The molecule has 34 heavy (non-hydrogen) atoms. The zero-order valence-electron chi connectivity index (χ0n) is 18.1. The van der Waals surface area contributed by atoms with Gasteiger partial charge < -0.3 is 24.7 Å². The second-order valence-corrected chi connectivity index (χ2v) is 10.4. The van der Waals surface area contributed by atoms with Crippen LogP contribution in [0.1, 0.15) is 17.4 Å². The molecule has 0 amide bonds. The predicted octanol–water partition coefficient (Wildman–Crippen LogP) is 5.34. The van der Waals surface area contributed by atoms with Crippen molar-refractivity contribution >= 4 is 39.3 Å². The molecule has 3 aromatic rings. The molecular formula is C25H24BrClN2O4S. The highest BCUT2D eigenvalue weighted by Crippen LogP contribution is 2.41. The van der Waals surface area contributed by atoms with Crippen molar-refractivity contribution in [3.05, 3.63) is 93.7 Å². The Morgan fingerprint density at radius 3 is 2.59 bits per heavy atom. The normalized spacial score (nSPS) is 28.9. The number of thioether (sulfide) groups is 1. The average Bonchev–Trinajstić information content (AvgIpc) is 2.87. The number of nitrogens with zero attached hydrogens (tertiary/aromatic N) is 1. The second kappa shape index (κ2) is 11.1. The molecule has 2 fully saturated rings. The maximum Gasteiger partial charge on any atom is 0.184 e. The molecule has 0 radical (unpaired) electrons. The van der Waals surface area contributed by atoms with E-state index in [0.717, 1.165) is 16.0 Å². The van der Waals surface area contributed by atoms with E-state index in [1.54, 1.807) is 6.20 Å². The number of hydrogen-bond donors (Lipinski definition) is 1. The van der Waals surface area contributed by atoms with E-state index in [0.29, 0.717) is 22.8 Å². The van der Waals surface area contributed by atoms with E-state index in [1.807, 2.05) is 66.7 Å². The number of rotatable bonds is 6. The largest absolute Gasteiger partial charge is 0.368 e. The first kappa shape index (κ1) is 24.2. The summed E-state index contributed by atoms with van der Waals surface area (Å²) in [7, 11) is 0. The molecule has 2 aliphatic heterocycles. The quantitative estimate of drug-likeness (QED) is 0.406. The molecule has 0 aliphatic carbocycles. The fourth-order valence-corrected chi connectivity index (χ4v) is 5.98. The van der Waals surface area contributed by atoms with Crippen LogP contribution in [0.2, 0.25) is 5.02 Å². The fraction of sp³-hybridized carbons (Fsp3) is 0.320. The molecule has 5 rings (SSSR count). The van der Waals surface area contributed by atoms with Crippen molar-refractivity contribution in [1.82, 2.24) is 4.98 Å². The molecule has 0 bridgehead atoms. The summed E-state index contributed by atoms with van der Waals surface area (Å²) in [5, 5.41) is 0.542. The molecule has 2 aromatic carbocycles. The van der Waals surface area contributed by atoms with Crippen LogP contribution in [0.3, 0.4) is 0 Å². The van der Waals surface area contributed by atoms with Crippen LogP contribution in [0.5, 0.6) is 0 Å². The van der Waals surface area contributed by atoms with Gasteiger partial charge >= 0.3 is 0 Å². The molecule has 6 unspecified atom stereocenters. The first-order valence-corrected chi connectivity index (χ1v) is 13.0. The van der Waals surface area contributed by atoms with Gasteiger partial charge in [-0.05, 0) is 27.6 Å². The Hall–Kier alpha value is -1.49. The Bertz CT molecular complexity index is 1100. The van der Waals surface area contributed by atoms with Crippen LogP contribution in [0.4, 0.5) is 0 Å². The lowest BCUT2D eigenvalue weighted by Crippen LogP contribution is -2.64. The number of fused-ring (bicyclic) bond motifs is 1. The van der Waals surface area contributed by atoms with Gasteiger partial charge in [0.15, 0.2) is 6.29 Å². The second-order valence-electron chi connectivity index (χ2n) is 8.12. The molecular weight excluding hydrogens is 540 g/mol. The molecule has 6 atom stereocenters. The van der Waals surface area contributed by atoms with Gasteiger partial charge in [-0.25, -0.2) is 4.98 Å². The summed E-state index contributed by atoms with van der Waals surface area (Å²) in [4.78, 5) is 5.14. The maximum atomic E-state index is 6.80. The van der Waals surface area contributed by atoms with E-state index in [-0.39, 0.29) is 12.2 Å². The van der Waals surface area contributed by atoms with Crippen molar-refractivity contribution < 1.29 is 18.9 Å². The van der Waals surface area contributed by atoms with E-state index >= 15 is 0 Å². The number of hydrogen-bond acceptors (Lipinski definition) is 7. The summed E-state index contributed by atoms with van der Waals surface area (Å²) in [6.45, 7) is 0.778. The molecule has 178 valence electrons. The highest BCUT2D eigenvalue weighted by molar-refractivity contribution is 9.10. The van der Waals surface area contributed by atoms with Gasteiger partial charge in [-0.3, -0.25) is 0 Å². The third-order valence-corrected chi connectivity index (χ3v) is 8.05. The predicted molar refractivity (Wildman–Crippen MR) is 134 cm³/mol. The molecule has 3 heterocycles. The highest BCUT2D eigenvalue weighted by atomic mass is 79.9. The Kier molecular flexibility index (Phi) is 7.87. The maximum absolute atomic E-state index is 6.80. The van der Waals surface area contributed by atoms with Crippen LogP contribution in [-0.2, 0) is 25.6 Å². The summed E-state index contributed by atoms with van der Waals surface area (Å²) in [6.07, 6.45) is -0.0450. The number of pyridine rings is 1. The monoisotopic (exact) mass is 562 g/mol. The van der Waals surface area contributed by atoms with Crippen LogP contribution in [0, 0.1) is 0 Å². The van der Waals surface area contributed by atoms with E-state index in [4.69, 9.17) is 36.3 Å². The lowest BCUT2D eigenvalue weighted by molar-refractivity contribution is -0.301. The van der Waals surface area contributed by atoms with Crippen LogP contribution < -0.4 is 5.73 Å². The van der Waals surface area contributed by atoms with Crippen LogP contribution in [-0.4, -0.2) is 41.4 Å². The van der Waals surface area contributed by atoms with E-state index in [9.17, 15) is 0 Å². The van der Waals surface area contributed by atoms with E-state index in [2.05, 4.69) is 20.9 Å². The molecule has 9 heteroatoms. The van der Waals surface area contributed by atoms with Crippen molar-refractivity contribution in [3.8, 4) is 0 Å².